The Bertz CT molecular complexity index is 685. The molecule has 0 spiro atoms. The molecule has 6 atom stereocenters. The molecule has 0 heterocycles. The van der Waals surface area contributed by atoms with Crippen molar-refractivity contribution in [1.29, 1.82) is 0 Å². The lowest BCUT2D eigenvalue weighted by atomic mass is 9.89. The Balaban J connectivity index is -0.000000114. The number of hydrogen-bond donors (Lipinski definition) is 7. The normalized spacial score (nSPS) is 15.0. The van der Waals surface area contributed by atoms with Crippen molar-refractivity contribution < 1.29 is 50.0 Å². The molecule has 0 amide bonds. The molecule has 10 nitrogen and oxygen atoms in total. The lowest BCUT2D eigenvalue weighted by molar-refractivity contribution is -0.0493. The van der Waals surface area contributed by atoms with Gasteiger partial charge >= 0.3 is 0 Å². The Morgan fingerprint density at radius 2 is 0.508 bits per heavy atom. The molecule has 0 radical (unpaired) electrons. The second-order valence-corrected chi connectivity index (χ2v) is 22.7. The summed E-state index contributed by atoms with van der Waals surface area (Å²) in [6.45, 7) is 48.5. The average Bonchev–Trinajstić information content (AvgIpc) is 3.11. The second kappa shape index (κ2) is 39.9. The Morgan fingerprint density at radius 1 is 0.328 bits per heavy atom. The molecule has 0 bridgehead atoms. The van der Waals surface area contributed by atoms with Gasteiger partial charge in [-0.3, -0.25) is 0 Å². The molecule has 0 aliphatic heterocycles. The molecule has 10 heteroatoms. The summed E-state index contributed by atoms with van der Waals surface area (Å²) in [6.07, 6.45) is 8.20. The van der Waals surface area contributed by atoms with Gasteiger partial charge in [-0.05, 0) is 149 Å². The fourth-order valence-corrected chi connectivity index (χ4v) is 3.69. The van der Waals surface area contributed by atoms with Gasteiger partial charge in [0, 0.05) is 0 Å². The van der Waals surface area contributed by atoms with Gasteiger partial charge in [0.15, 0.2) is 0 Å². The summed E-state index contributed by atoms with van der Waals surface area (Å²) < 4.78 is 16.0. The van der Waals surface area contributed by atoms with Crippen molar-refractivity contribution in [2.75, 3.05) is 26.4 Å². The van der Waals surface area contributed by atoms with Crippen LogP contribution in [0.1, 0.15) is 237 Å². The first kappa shape index (κ1) is 74.9. The van der Waals surface area contributed by atoms with E-state index in [1.807, 2.05) is 96.9 Å². The summed E-state index contributed by atoms with van der Waals surface area (Å²) in [5, 5.41) is 63.2. The monoisotopic (exact) mass is 889 g/mol. The molecule has 61 heavy (non-hydrogen) atoms. The highest BCUT2D eigenvalue weighted by Gasteiger charge is 2.16. The Hall–Kier alpha value is -0.400. The molecule has 0 saturated heterocycles. The van der Waals surface area contributed by atoms with E-state index in [-0.39, 0.29) is 66.8 Å². The van der Waals surface area contributed by atoms with Crippen LogP contribution in [0.25, 0.3) is 0 Å². The van der Waals surface area contributed by atoms with Crippen LogP contribution in [0.5, 0.6) is 0 Å². The van der Waals surface area contributed by atoms with Gasteiger partial charge in [0.05, 0.1) is 79.9 Å². The molecule has 0 aliphatic rings. The molecular weight excluding hydrogens is 773 g/mol. The van der Waals surface area contributed by atoms with Crippen LogP contribution < -0.4 is 0 Å². The third-order valence-corrected chi connectivity index (χ3v) is 8.38. The lowest BCUT2D eigenvalue weighted by Gasteiger charge is -2.21. The minimum Gasteiger partial charge on any atom is -0.394 e. The van der Waals surface area contributed by atoms with Crippen molar-refractivity contribution >= 4 is 0 Å². The minimum atomic E-state index is -0.528. The Morgan fingerprint density at radius 3 is 0.639 bits per heavy atom. The van der Waals surface area contributed by atoms with Crippen molar-refractivity contribution in [2.24, 2.45) is 16.2 Å². The van der Waals surface area contributed by atoms with E-state index in [0.717, 1.165) is 64.2 Å². The summed E-state index contributed by atoms with van der Waals surface area (Å²) in [4.78, 5) is 0. The van der Waals surface area contributed by atoms with Crippen LogP contribution in [0, 0.1) is 16.2 Å². The van der Waals surface area contributed by atoms with Gasteiger partial charge in [-0.25, -0.2) is 0 Å². The standard InChI is InChI=1S/2C9H20O.4C8H18O2.CH4/c2*1-5-8(10)6-7-9(2,3)4;1-8(2,3)5-4-7(10)6-9;3*1-5-7(9)6-10-8(2,3)4;/h2*8,10H,5-7H2,1-4H3;7,9-10H,4-6H2,1-3H3;3*7,9H,5-6H2,1-4H3;1H4/t8-;;3*7-;;/m0.010../s1. The van der Waals surface area contributed by atoms with Gasteiger partial charge in [-0.2, -0.15) is 0 Å². The van der Waals surface area contributed by atoms with Gasteiger partial charge in [0.25, 0.3) is 0 Å². The highest BCUT2D eigenvalue weighted by molar-refractivity contribution is 4.67. The van der Waals surface area contributed by atoms with Crippen LogP contribution in [-0.4, -0.2) is 116 Å². The number of rotatable bonds is 18. The van der Waals surface area contributed by atoms with Crippen molar-refractivity contribution in [2.45, 2.75) is 291 Å². The fourth-order valence-electron chi connectivity index (χ4n) is 3.69. The van der Waals surface area contributed by atoms with E-state index in [1.165, 1.54) is 0 Å². The molecule has 2 unspecified atom stereocenters. The van der Waals surface area contributed by atoms with E-state index in [1.54, 1.807) is 0 Å². The summed E-state index contributed by atoms with van der Waals surface area (Å²) in [6, 6.07) is 0. The molecule has 0 fully saturated rings. The zero-order valence-electron chi connectivity index (χ0n) is 44.4. The van der Waals surface area contributed by atoms with Crippen molar-refractivity contribution in [3.63, 3.8) is 0 Å². The van der Waals surface area contributed by atoms with Crippen LogP contribution in [0.3, 0.4) is 0 Å². The molecule has 0 rings (SSSR count). The third kappa shape index (κ3) is 87.3. The number of hydrogen-bond acceptors (Lipinski definition) is 10. The van der Waals surface area contributed by atoms with Crippen LogP contribution >= 0.6 is 0 Å². The Labute approximate surface area is 382 Å². The summed E-state index contributed by atoms with van der Waals surface area (Å²) in [7, 11) is 0. The maximum atomic E-state index is 9.22. The lowest BCUT2D eigenvalue weighted by Crippen LogP contribution is -2.25. The SMILES string of the molecule is C.CC(C)(C)CC[C@H](O)CO.CCC(O)CCC(C)(C)C.CCC(O)COC(C)(C)C.CC[C@@H](O)COC(C)(C)C.CC[C@H](O)CCC(C)(C)C.CC[C@H](O)COC(C)(C)C. The van der Waals surface area contributed by atoms with E-state index < -0.39 is 6.10 Å². The van der Waals surface area contributed by atoms with Crippen molar-refractivity contribution in [3.8, 4) is 0 Å². The quantitative estimate of drug-likeness (QED) is 0.0703. The molecule has 0 aromatic rings. The first-order valence-electron chi connectivity index (χ1n) is 23.3. The van der Waals surface area contributed by atoms with E-state index >= 15 is 0 Å². The second-order valence-electron chi connectivity index (χ2n) is 22.7. The Kier molecular flexibility index (Phi) is 49.0. The number of aliphatic hydroxyl groups excluding tert-OH is 7. The van der Waals surface area contributed by atoms with Crippen molar-refractivity contribution in [3.05, 3.63) is 0 Å². The summed E-state index contributed by atoms with van der Waals surface area (Å²) in [5.74, 6) is 0. The minimum absolute atomic E-state index is 0. The van der Waals surface area contributed by atoms with Crippen LogP contribution in [0.15, 0.2) is 0 Å². The molecule has 7 N–H and O–H groups in total. The summed E-state index contributed by atoms with van der Waals surface area (Å²) >= 11 is 0. The molecule has 0 aromatic carbocycles. The highest BCUT2D eigenvalue weighted by atomic mass is 16.5. The topological polar surface area (TPSA) is 169 Å². The molecule has 0 aromatic heterocycles. The zero-order valence-corrected chi connectivity index (χ0v) is 44.4. The van der Waals surface area contributed by atoms with Gasteiger partial charge in [0.2, 0.25) is 0 Å². The number of ether oxygens (including phenoxy) is 3. The molecule has 0 aliphatic carbocycles. The highest BCUT2D eigenvalue weighted by Crippen LogP contribution is 2.23. The zero-order chi connectivity index (χ0) is 49.2. The molecular formula is C51H116O10. The maximum Gasteiger partial charge on any atom is 0.0771 e. The van der Waals surface area contributed by atoms with Crippen LogP contribution in [0.4, 0.5) is 0 Å². The van der Waals surface area contributed by atoms with Gasteiger partial charge in [-0.1, -0.05) is 104 Å². The smallest absolute Gasteiger partial charge is 0.0771 e. The maximum absolute atomic E-state index is 9.22. The summed E-state index contributed by atoms with van der Waals surface area (Å²) in [5.41, 5.74) is 0.616. The van der Waals surface area contributed by atoms with E-state index in [4.69, 9.17) is 39.7 Å². The van der Waals surface area contributed by atoms with E-state index in [2.05, 4.69) is 62.3 Å². The molecule has 0 saturated carbocycles. The van der Waals surface area contributed by atoms with Crippen molar-refractivity contribution in [1.82, 2.24) is 0 Å². The molecule has 380 valence electrons. The predicted octanol–water partition coefficient (Wildman–Crippen LogP) is 11.7. The fraction of sp³-hybridized carbons (Fsp3) is 1.00. The largest absolute Gasteiger partial charge is 0.394 e. The average molecular weight is 889 g/mol. The van der Waals surface area contributed by atoms with Crippen LogP contribution in [0.2, 0.25) is 0 Å². The predicted molar refractivity (Wildman–Crippen MR) is 264 cm³/mol. The first-order valence-corrected chi connectivity index (χ1v) is 23.3. The van der Waals surface area contributed by atoms with Crippen LogP contribution in [-0.2, 0) is 14.2 Å². The van der Waals surface area contributed by atoms with E-state index in [0.29, 0.717) is 37.1 Å². The van der Waals surface area contributed by atoms with Gasteiger partial charge in [-0.15, -0.1) is 0 Å². The van der Waals surface area contributed by atoms with Gasteiger partial charge in [0.1, 0.15) is 0 Å². The first-order chi connectivity index (χ1) is 26.7. The van der Waals surface area contributed by atoms with Gasteiger partial charge < -0.3 is 50.0 Å². The third-order valence-electron chi connectivity index (χ3n) is 8.38. The number of aliphatic hydroxyl groups is 7. The van der Waals surface area contributed by atoms with E-state index in [9.17, 15) is 10.2 Å².